The van der Waals surface area contributed by atoms with E-state index in [0.717, 1.165) is 42.9 Å². The Bertz CT molecular complexity index is 1150. The number of benzene rings is 2. The van der Waals surface area contributed by atoms with Crippen LogP contribution in [0.1, 0.15) is 42.4 Å². The third kappa shape index (κ3) is 5.01. The van der Waals surface area contributed by atoms with Crippen LogP contribution in [0, 0.1) is 18.3 Å². The molecule has 0 unspecified atom stereocenters. The van der Waals surface area contributed by atoms with E-state index >= 15 is 0 Å². The van der Waals surface area contributed by atoms with Gasteiger partial charge in [0.05, 0.1) is 11.6 Å². The average molecular weight is 428 g/mol. The van der Waals surface area contributed by atoms with Gasteiger partial charge in [0.25, 0.3) is 0 Å². The monoisotopic (exact) mass is 427 g/mol. The maximum atomic E-state index is 11.3. The molecule has 0 radical (unpaired) electrons. The van der Waals surface area contributed by atoms with Gasteiger partial charge in [-0.1, -0.05) is 12.1 Å². The molecule has 0 saturated carbocycles. The number of carbonyl (C=O) groups excluding carboxylic acids is 1. The molecular weight excluding hydrogens is 402 g/mol. The lowest BCUT2D eigenvalue weighted by Crippen LogP contribution is -2.34. The Morgan fingerprint density at radius 3 is 2.53 bits per heavy atom. The molecule has 32 heavy (non-hydrogen) atoms. The summed E-state index contributed by atoms with van der Waals surface area (Å²) < 4.78 is 0. The molecule has 3 aromatic rings. The summed E-state index contributed by atoms with van der Waals surface area (Å²) in [6, 6.07) is 15.7. The second-order valence-corrected chi connectivity index (χ2v) is 7.94. The molecule has 8 heteroatoms. The molecule has 0 spiro atoms. The van der Waals surface area contributed by atoms with Crippen LogP contribution in [-0.2, 0) is 4.79 Å². The largest absolute Gasteiger partial charge is 0.341 e. The van der Waals surface area contributed by atoms with Crippen LogP contribution in [0.2, 0.25) is 0 Å². The SMILES string of the molecule is CC(=O)Nc1ccc(Nc2ncnc(N3CCC(c4ccc(C#N)cc4)CC3)n2)cc1C. The van der Waals surface area contributed by atoms with Gasteiger partial charge in [-0.05, 0) is 67.1 Å². The van der Waals surface area contributed by atoms with Crippen molar-refractivity contribution in [1.29, 1.82) is 5.26 Å². The van der Waals surface area contributed by atoms with Crippen molar-refractivity contribution >= 4 is 29.2 Å². The van der Waals surface area contributed by atoms with E-state index in [1.807, 2.05) is 37.3 Å². The zero-order valence-corrected chi connectivity index (χ0v) is 18.2. The Labute approximate surface area is 187 Å². The number of aromatic nitrogens is 3. The number of aryl methyl sites for hydroxylation is 1. The van der Waals surface area contributed by atoms with Gasteiger partial charge in [-0.3, -0.25) is 4.79 Å². The highest BCUT2D eigenvalue weighted by atomic mass is 16.1. The van der Waals surface area contributed by atoms with Crippen LogP contribution in [0.4, 0.5) is 23.3 Å². The maximum Gasteiger partial charge on any atom is 0.231 e. The predicted molar refractivity (Wildman–Crippen MR) is 124 cm³/mol. The maximum absolute atomic E-state index is 11.3. The molecule has 1 aliphatic heterocycles. The number of hydrogen-bond donors (Lipinski definition) is 2. The number of piperidine rings is 1. The van der Waals surface area contributed by atoms with Gasteiger partial charge >= 0.3 is 0 Å². The van der Waals surface area contributed by atoms with Crippen LogP contribution >= 0.6 is 0 Å². The molecule has 162 valence electrons. The van der Waals surface area contributed by atoms with Gasteiger partial charge in [0.15, 0.2) is 0 Å². The van der Waals surface area contributed by atoms with Crippen molar-refractivity contribution in [2.45, 2.75) is 32.6 Å². The smallest absolute Gasteiger partial charge is 0.231 e. The summed E-state index contributed by atoms with van der Waals surface area (Å²) in [5.74, 6) is 1.52. The van der Waals surface area contributed by atoms with E-state index in [0.29, 0.717) is 23.4 Å². The Kier molecular flexibility index (Phi) is 6.26. The standard InChI is InChI=1S/C24H25N7O/c1-16-13-21(7-8-22(16)28-17(2)32)29-23-26-15-27-24(30-23)31-11-9-20(10-12-31)19-5-3-18(14-25)4-6-19/h3-8,13,15,20H,9-12H2,1-2H3,(H,28,32)(H,26,27,29,30). The van der Waals surface area contributed by atoms with Gasteiger partial charge in [-0.15, -0.1) is 0 Å². The molecular formula is C24H25N7O. The topological polar surface area (TPSA) is 107 Å². The van der Waals surface area contributed by atoms with Crippen LogP contribution < -0.4 is 15.5 Å². The summed E-state index contributed by atoms with van der Waals surface area (Å²) in [5.41, 5.74) is 4.54. The second-order valence-electron chi connectivity index (χ2n) is 7.94. The second kappa shape index (κ2) is 9.43. The first-order valence-corrected chi connectivity index (χ1v) is 10.6. The molecule has 0 bridgehead atoms. The highest BCUT2D eigenvalue weighted by Gasteiger charge is 2.22. The Morgan fingerprint density at radius 2 is 1.88 bits per heavy atom. The predicted octanol–water partition coefficient (Wildman–Crippen LogP) is 4.14. The highest BCUT2D eigenvalue weighted by molar-refractivity contribution is 5.89. The number of hydrogen-bond acceptors (Lipinski definition) is 7. The Morgan fingerprint density at radius 1 is 1.12 bits per heavy atom. The minimum Gasteiger partial charge on any atom is -0.341 e. The number of rotatable bonds is 5. The van der Waals surface area contributed by atoms with Gasteiger partial charge in [0, 0.05) is 31.4 Å². The highest BCUT2D eigenvalue weighted by Crippen LogP contribution is 2.30. The van der Waals surface area contributed by atoms with E-state index in [2.05, 4.69) is 48.7 Å². The van der Waals surface area contributed by atoms with Crippen molar-refractivity contribution in [2.24, 2.45) is 0 Å². The minimum atomic E-state index is -0.0983. The Balaban J connectivity index is 1.40. The normalized spacial score (nSPS) is 14.0. The zero-order valence-electron chi connectivity index (χ0n) is 18.2. The molecule has 2 N–H and O–H groups in total. The van der Waals surface area contributed by atoms with Crippen molar-refractivity contribution in [1.82, 2.24) is 15.0 Å². The minimum absolute atomic E-state index is 0.0983. The molecule has 4 rings (SSSR count). The van der Waals surface area contributed by atoms with E-state index in [-0.39, 0.29) is 5.91 Å². The van der Waals surface area contributed by atoms with Gasteiger partial charge in [-0.25, -0.2) is 9.97 Å². The summed E-state index contributed by atoms with van der Waals surface area (Å²) in [7, 11) is 0. The molecule has 1 aromatic heterocycles. The van der Waals surface area contributed by atoms with E-state index in [9.17, 15) is 4.79 Å². The first kappa shape index (κ1) is 21.2. The molecule has 0 atom stereocenters. The third-order valence-electron chi connectivity index (χ3n) is 5.64. The van der Waals surface area contributed by atoms with Crippen molar-refractivity contribution in [3.63, 3.8) is 0 Å². The lowest BCUT2D eigenvalue weighted by molar-refractivity contribution is -0.114. The number of carbonyl (C=O) groups is 1. The van der Waals surface area contributed by atoms with Gasteiger partial charge in [0.2, 0.25) is 17.8 Å². The number of nitrogens with one attached hydrogen (secondary N) is 2. The summed E-state index contributed by atoms with van der Waals surface area (Å²) in [6.45, 7) is 5.15. The fraction of sp³-hybridized carbons (Fsp3) is 0.292. The van der Waals surface area contributed by atoms with Crippen LogP contribution in [0.25, 0.3) is 0 Å². The van der Waals surface area contributed by atoms with E-state index in [1.165, 1.54) is 18.8 Å². The Hall–Kier alpha value is -3.99. The fourth-order valence-corrected chi connectivity index (χ4v) is 3.94. The number of nitrogens with zero attached hydrogens (tertiary/aromatic N) is 5. The van der Waals surface area contributed by atoms with Crippen molar-refractivity contribution in [3.05, 3.63) is 65.5 Å². The van der Waals surface area contributed by atoms with E-state index < -0.39 is 0 Å². The number of anilines is 4. The molecule has 2 aromatic carbocycles. The molecule has 1 saturated heterocycles. The van der Waals surface area contributed by atoms with Gasteiger partial charge in [-0.2, -0.15) is 10.2 Å². The fourth-order valence-electron chi connectivity index (χ4n) is 3.94. The van der Waals surface area contributed by atoms with Gasteiger partial charge < -0.3 is 15.5 Å². The van der Waals surface area contributed by atoms with Crippen LogP contribution in [-0.4, -0.2) is 33.9 Å². The summed E-state index contributed by atoms with van der Waals surface area (Å²) in [5, 5.41) is 15.0. The summed E-state index contributed by atoms with van der Waals surface area (Å²) in [6.07, 6.45) is 3.53. The average Bonchev–Trinajstić information content (AvgIpc) is 2.81. The molecule has 1 aliphatic rings. The van der Waals surface area contributed by atoms with Crippen molar-refractivity contribution in [2.75, 3.05) is 28.6 Å². The molecule has 1 fully saturated rings. The lowest BCUT2D eigenvalue weighted by atomic mass is 9.89. The van der Waals surface area contributed by atoms with E-state index in [1.54, 1.807) is 0 Å². The quantitative estimate of drug-likeness (QED) is 0.630. The molecule has 0 aliphatic carbocycles. The lowest BCUT2D eigenvalue weighted by Gasteiger charge is -2.32. The van der Waals surface area contributed by atoms with Gasteiger partial charge in [0.1, 0.15) is 6.33 Å². The molecule has 8 nitrogen and oxygen atoms in total. The first-order valence-electron chi connectivity index (χ1n) is 10.6. The third-order valence-corrected chi connectivity index (χ3v) is 5.64. The van der Waals surface area contributed by atoms with Crippen molar-refractivity contribution < 1.29 is 4.79 Å². The number of nitriles is 1. The van der Waals surface area contributed by atoms with Crippen LogP contribution in [0.15, 0.2) is 48.8 Å². The summed E-state index contributed by atoms with van der Waals surface area (Å²) in [4.78, 5) is 26.7. The number of amides is 1. The molecule has 2 heterocycles. The van der Waals surface area contributed by atoms with Crippen LogP contribution in [0.3, 0.4) is 0 Å². The molecule has 1 amide bonds. The van der Waals surface area contributed by atoms with Crippen LogP contribution in [0.5, 0.6) is 0 Å². The van der Waals surface area contributed by atoms with E-state index in [4.69, 9.17) is 5.26 Å². The summed E-state index contributed by atoms with van der Waals surface area (Å²) >= 11 is 0. The zero-order chi connectivity index (χ0) is 22.5. The first-order chi connectivity index (χ1) is 15.5. The van der Waals surface area contributed by atoms with Crippen molar-refractivity contribution in [3.8, 4) is 6.07 Å².